The van der Waals surface area contributed by atoms with Crippen molar-refractivity contribution < 1.29 is 32.2 Å². The first kappa shape index (κ1) is 26.0. The first-order valence-electron chi connectivity index (χ1n) is 11.6. The fourth-order valence-corrected chi connectivity index (χ4v) is 4.32. The number of hydrogen-bond donors (Lipinski definition) is 3. The van der Waals surface area contributed by atoms with E-state index in [-0.39, 0.29) is 28.9 Å². The van der Waals surface area contributed by atoms with Crippen LogP contribution in [0.1, 0.15) is 30.1 Å². The van der Waals surface area contributed by atoms with Crippen LogP contribution < -0.4 is 25.2 Å². The van der Waals surface area contributed by atoms with E-state index in [2.05, 4.69) is 10.6 Å². The molecule has 0 aromatic heterocycles. The molecule has 4 rings (SSSR count). The van der Waals surface area contributed by atoms with E-state index >= 15 is 0 Å². The third kappa shape index (κ3) is 6.38. The van der Waals surface area contributed by atoms with Crippen LogP contribution in [-0.2, 0) is 14.8 Å². The van der Waals surface area contributed by atoms with Gasteiger partial charge in [-0.1, -0.05) is 24.3 Å². The molecule has 37 heavy (non-hydrogen) atoms. The van der Waals surface area contributed by atoms with Crippen LogP contribution in [0.3, 0.4) is 0 Å². The number of carbonyl (C=O) groups excluding carboxylic acids is 2. The summed E-state index contributed by atoms with van der Waals surface area (Å²) in [6, 6.07) is 16.3. The summed E-state index contributed by atoms with van der Waals surface area (Å²) >= 11 is 0. The molecular weight excluding hydrogens is 498 g/mol. The summed E-state index contributed by atoms with van der Waals surface area (Å²) in [7, 11) is -2.71. The third-order valence-electron chi connectivity index (χ3n) is 5.52. The minimum Gasteiger partial charge on any atom is -0.495 e. The molecule has 2 amide bonds. The van der Waals surface area contributed by atoms with Crippen LogP contribution in [0.2, 0.25) is 0 Å². The maximum atomic E-state index is 13.1. The predicted molar refractivity (Wildman–Crippen MR) is 138 cm³/mol. The zero-order chi connectivity index (χ0) is 26.6. The standard InChI is InChI=1S/C26H27N3O7S/c1-3-35-26(31)29-21-14-16(8-12-19(21)20-6-4-5-7-22(20)36-18-10-11-18)25(30)28-17-9-13-24(37(27,32)33)23(15-17)34-2/h4-9,12-15,18H,3,10-11H2,1-2H3,(H,28,30)(H,29,31)(H2,27,32,33). The van der Waals surface area contributed by atoms with Gasteiger partial charge in [0.1, 0.15) is 16.4 Å². The van der Waals surface area contributed by atoms with Crippen molar-refractivity contribution in [1.29, 1.82) is 0 Å². The number of benzene rings is 3. The minimum atomic E-state index is -4.00. The molecule has 1 saturated carbocycles. The summed E-state index contributed by atoms with van der Waals surface area (Å²) in [5.74, 6) is 0.176. The van der Waals surface area contributed by atoms with Crippen LogP contribution in [0.5, 0.6) is 11.5 Å². The molecule has 0 bridgehead atoms. The number of nitrogens with two attached hydrogens (primary N) is 1. The first-order chi connectivity index (χ1) is 17.7. The number of anilines is 2. The molecule has 4 N–H and O–H groups in total. The summed E-state index contributed by atoms with van der Waals surface area (Å²) in [6.07, 6.45) is 1.49. The van der Waals surface area contributed by atoms with E-state index in [9.17, 15) is 18.0 Å². The molecule has 0 spiro atoms. The van der Waals surface area contributed by atoms with Crippen LogP contribution in [-0.4, -0.2) is 40.2 Å². The van der Waals surface area contributed by atoms with Crippen LogP contribution in [0.4, 0.5) is 16.2 Å². The highest BCUT2D eigenvalue weighted by molar-refractivity contribution is 7.89. The molecule has 0 saturated heterocycles. The molecular formula is C26H27N3O7S. The number of nitrogens with one attached hydrogen (secondary N) is 2. The van der Waals surface area contributed by atoms with Crippen LogP contribution in [0.15, 0.2) is 65.6 Å². The zero-order valence-corrected chi connectivity index (χ0v) is 21.1. The van der Waals surface area contributed by atoms with Gasteiger partial charge < -0.3 is 19.5 Å². The Hall–Kier alpha value is -4.09. The summed E-state index contributed by atoms with van der Waals surface area (Å²) in [4.78, 5) is 25.1. The molecule has 194 valence electrons. The molecule has 0 radical (unpaired) electrons. The number of hydrogen-bond acceptors (Lipinski definition) is 7. The summed E-state index contributed by atoms with van der Waals surface area (Å²) < 4.78 is 39.7. The lowest BCUT2D eigenvalue weighted by atomic mass is 10.00. The fraction of sp³-hybridized carbons (Fsp3) is 0.231. The van der Waals surface area contributed by atoms with Crippen LogP contribution in [0, 0.1) is 0 Å². The molecule has 0 atom stereocenters. The van der Waals surface area contributed by atoms with Gasteiger partial charge in [0.15, 0.2) is 0 Å². The number of primary sulfonamides is 1. The van der Waals surface area contributed by atoms with Gasteiger partial charge in [-0.2, -0.15) is 0 Å². The second-order valence-corrected chi connectivity index (χ2v) is 9.81. The Morgan fingerprint density at radius 3 is 2.41 bits per heavy atom. The van der Waals surface area contributed by atoms with Gasteiger partial charge in [0.05, 0.1) is 25.5 Å². The number of amides is 2. The molecule has 3 aromatic carbocycles. The molecule has 1 fully saturated rings. The Balaban J connectivity index is 1.66. The lowest BCUT2D eigenvalue weighted by molar-refractivity contribution is 0.102. The Kier molecular flexibility index (Phi) is 7.65. The topological polar surface area (TPSA) is 146 Å². The second-order valence-electron chi connectivity index (χ2n) is 8.28. The van der Waals surface area contributed by atoms with E-state index in [1.165, 1.54) is 31.4 Å². The molecule has 3 aromatic rings. The Morgan fingerprint density at radius 2 is 1.73 bits per heavy atom. The normalized spacial score (nSPS) is 12.9. The van der Waals surface area contributed by atoms with E-state index < -0.39 is 22.0 Å². The third-order valence-corrected chi connectivity index (χ3v) is 6.47. The number of rotatable bonds is 9. The summed E-state index contributed by atoms with van der Waals surface area (Å²) in [5, 5.41) is 10.6. The largest absolute Gasteiger partial charge is 0.495 e. The average Bonchev–Trinajstić information content (AvgIpc) is 3.68. The summed E-state index contributed by atoms with van der Waals surface area (Å²) in [5.41, 5.74) is 2.31. The molecule has 0 unspecified atom stereocenters. The summed E-state index contributed by atoms with van der Waals surface area (Å²) in [6.45, 7) is 1.87. The number of carbonyl (C=O) groups is 2. The quantitative estimate of drug-likeness (QED) is 0.376. The Labute approximate surface area is 214 Å². The predicted octanol–water partition coefficient (Wildman–Crippen LogP) is 4.37. The van der Waals surface area contributed by atoms with Crippen molar-refractivity contribution in [3.8, 4) is 22.6 Å². The van der Waals surface area contributed by atoms with Gasteiger partial charge in [0, 0.05) is 28.4 Å². The van der Waals surface area contributed by atoms with E-state index in [0.717, 1.165) is 18.4 Å². The molecule has 11 heteroatoms. The van der Waals surface area contributed by atoms with Crippen molar-refractivity contribution in [2.75, 3.05) is 24.4 Å². The second kappa shape index (κ2) is 10.9. The maximum Gasteiger partial charge on any atom is 0.411 e. The van der Waals surface area contributed by atoms with Crippen LogP contribution in [0.25, 0.3) is 11.1 Å². The van der Waals surface area contributed by atoms with Gasteiger partial charge in [-0.25, -0.2) is 18.4 Å². The Bertz CT molecular complexity index is 1440. The highest BCUT2D eigenvalue weighted by atomic mass is 32.2. The number of para-hydroxylation sites is 1. The average molecular weight is 526 g/mol. The van der Waals surface area contributed by atoms with Crippen molar-refractivity contribution in [1.82, 2.24) is 0 Å². The van der Waals surface area contributed by atoms with Crippen molar-refractivity contribution in [3.63, 3.8) is 0 Å². The number of sulfonamides is 1. The van der Waals surface area contributed by atoms with E-state index in [4.69, 9.17) is 19.3 Å². The molecule has 1 aliphatic carbocycles. The van der Waals surface area contributed by atoms with Gasteiger partial charge in [0.2, 0.25) is 10.0 Å². The zero-order valence-electron chi connectivity index (χ0n) is 20.3. The maximum absolute atomic E-state index is 13.1. The van der Waals surface area contributed by atoms with Gasteiger partial charge in [-0.05, 0) is 50.1 Å². The van der Waals surface area contributed by atoms with Gasteiger partial charge in [0.25, 0.3) is 5.91 Å². The fourth-order valence-electron chi connectivity index (χ4n) is 3.64. The smallest absolute Gasteiger partial charge is 0.411 e. The number of methoxy groups -OCH3 is 1. The molecule has 10 nitrogen and oxygen atoms in total. The highest BCUT2D eigenvalue weighted by Crippen LogP contribution is 2.38. The van der Waals surface area contributed by atoms with Gasteiger partial charge >= 0.3 is 6.09 Å². The van der Waals surface area contributed by atoms with Crippen molar-refractivity contribution in [3.05, 3.63) is 66.2 Å². The molecule has 0 heterocycles. The van der Waals surface area contributed by atoms with E-state index in [1.807, 2.05) is 24.3 Å². The monoisotopic (exact) mass is 525 g/mol. The Morgan fingerprint density at radius 1 is 0.973 bits per heavy atom. The number of ether oxygens (including phenoxy) is 3. The lowest BCUT2D eigenvalue weighted by Gasteiger charge is -2.16. The van der Waals surface area contributed by atoms with Crippen LogP contribution >= 0.6 is 0 Å². The lowest BCUT2D eigenvalue weighted by Crippen LogP contribution is -2.17. The first-order valence-corrected chi connectivity index (χ1v) is 13.1. The highest BCUT2D eigenvalue weighted by Gasteiger charge is 2.25. The van der Waals surface area contributed by atoms with Crippen molar-refractivity contribution in [2.45, 2.75) is 30.8 Å². The van der Waals surface area contributed by atoms with E-state index in [1.54, 1.807) is 19.1 Å². The van der Waals surface area contributed by atoms with Crippen molar-refractivity contribution >= 4 is 33.4 Å². The molecule has 1 aliphatic rings. The van der Waals surface area contributed by atoms with E-state index in [0.29, 0.717) is 22.7 Å². The molecule has 0 aliphatic heterocycles. The van der Waals surface area contributed by atoms with Gasteiger partial charge in [-0.3, -0.25) is 10.1 Å². The minimum absolute atomic E-state index is 0.00687. The van der Waals surface area contributed by atoms with Crippen molar-refractivity contribution in [2.24, 2.45) is 5.14 Å². The SMILES string of the molecule is CCOC(=O)Nc1cc(C(=O)Nc2ccc(S(N)(=O)=O)c(OC)c2)ccc1-c1ccccc1OC1CC1. The van der Waals surface area contributed by atoms with Gasteiger partial charge in [-0.15, -0.1) is 0 Å².